The molecule has 1 N–H and O–H groups in total. The zero-order chi connectivity index (χ0) is 14.0. The number of aromatic nitrogens is 1. The first kappa shape index (κ1) is 14.8. The van der Waals surface area contributed by atoms with Crippen molar-refractivity contribution in [3.63, 3.8) is 0 Å². The molecular weight excluding hydrogens is 324 g/mol. The lowest BCUT2D eigenvalue weighted by Crippen LogP contribution is -2.19. The Bertz CT molecular complexity index is 542. The first-order valence-corrected chi connectivity index (χ1v) is 7.94. The van der Waals surface area contributed by atoms with Gasteiger partial charge in [-0.1, -0.05) is 20.8 Å². The fourth-order valence-electron chi connectivity index (χ4n) is 1.85. The average molecular weight is 343 g/mol. The van der Waals surface area contributed by atoms with E-state index in [0.717, 1.165) is 27.4 Å². The third kappa shape index (κ3) is 3.46. The van der Waals surface area contributed by atoms with Crippen molar-refractivity contribution in [1.82, 2.24) is 10.3 Å². The van der Waals surface area contributed by atoms with Crippen LogP contribution in [0.1, 0.15) is 43.1 Å². The van der Waals surface area contributed by atoms with E-state index in [1.165, 1.54) is 0 Å². The summed E-state index contributed by atoms with van der Waals surface area (Å²) < 4.78 is 6.10. The van der Waals surface area contributed by atoms with Gasteiger partial charge < -0.3 is 9.73 Å². The van der Waals surface area contributed by atoms with Crippen molar-refractivity contribution in [1.29, 1.82) is 0 Å². The van der Waals surface area contributed by atoms with Crippen LogP contribution in [0.2, 0.25) is 0 Å². The first-order valence-electron chi connectivity index (χ1n) is 6.27. The van der Waals surface area contributed by atoms with Crippen LogP contribution in [0.5, 0.6) is 0 Å². The Balaban J connectivity index is 2.16. The standard InChI is InChI=1S/C14H19BrN2OS/c1-14(2,3)11-8-19-12(17-11)7-10(16-4)9-5-6-18-13(9)15/h5-6,8,10,16H,7H2,1-4H3. The second-order valence-electron chi connectivity index (χ2n) is 5.57. The summed E-state index contributed by atoms with van der Waals surface area (Å²) in [6.07, 6.45) is 2.57. The van der Waals surface area contributed by atoms with Gasteiger partial charge in [-0.05, 0) is 29.0 Å². The summed E-state index contributed by atoms with van der Waals surface area (Å²) >= 11 is 5.16. The van der Waals surface area contributed by atoms with Gasteiger partial charge >= 0.3 is 0 Å². The van der Waals surface area contributed by atoms with E-state index in [2.05, 4.69) is 47.4 Å². The first-order chi connectivity index (χ1) is 8.91. The molecule has 0 saturated carbocycles. The van der Waals surface area contributed by atoms with Crippen molar-refractivity contribution in [3.05, 3.63) is 38.6 Å². The van der Waals surface area contributed by atoms with E-state index in [1.807, 2.05) is 13.1 Å². The van der Waals surface area contributed by atoms with Crippen LogP contribution in [0.4, 0.5) is 0 Å². The van der Waals surface area contributed by atoms with Crippen molar-refractivity contribution in [2.45, 2.75) is 38.6 Å². The quantitative estimate of drug-likeness (QED) is 0.899. The van der Waals surface area contributed by atoms with Crippen LogP contribution in [0.25, 0.3) is 0 Å². The smallest absolute Gasteiger partial charge is 0.173 e. The van der Waals surface area contributed by atoms with E-state index in [-0.39, 0.29) is 11.5 Å². The average Bonchev–Trinajstić information content (AvgIpc) is 2.94. The number of thiazole rings is 1. The van der Waals surface area contributed by atoms with Crippen LogP contribution in [0.15, 0.2) is 26.8 Å². The maximum Gasteiger partial charge on any atom is 0.173 e. The molecule has 0 radical (unpaired) electrons. The molecule has 0 spiro atoms. The molecule has 0 amide bonds. The third-order valence-electron chi connectivity index (χ3n) is 3.07. The van der Waals surface area contributed by atoms with Crippen LogP contribution < -0.4 is 5.32 Å². The van der Waals surface area contributed by atoms with Crippen LogP contribution >= 0.6 is 27.3 Å². The topological polar surface area (TPSA) is 38.1 Å². The Morgan fingerprint density at radius 3 is 2.68 bits per heavy atom. The summed E-state index contributed by atoms with van der Waals surface area (Å²) in [6, 6.07) is 2.20. The van der Waals surface area contributed by atoms with Crippen molar-refractivity contribution in [3.8, 4) is 0 Å². The Labute approximate surface area is 126 Å². The van der Waals surface area contributed by atoms with Crippen molar-refractivity contribution < 1.29 is 4.42 Å². The molecule has 2 heterocycles. The lowest BCUT2D eigenvalue weighted by molar-refractivity contribution is 0.516. The molecule has 104 valence electrons. The number of nitrogens with one attached hydrogen (secondary N) is 1. The van der Waals surface area contributed by atoms with Crippen LogP contribution in [0.3, 0.4) is 0 Å². The highest BCUT2D eigenvalue weighted by molar-refractivity contribution is 9.10. The minimum atomic E-state index is 0.111. The van der Waals surface area contributed by atoms with E-state index in [0.29, 0.717) is 0 Å². The molecule has 2 aromatic heterocycles. The lowest BCUT2D eigenvalue weighted by Gasteiger charge is -2.15. The molecule has 2 rings (SSSR count). The van der Waals surface area contributed by atoms with Gasteiger partial charge in [0.15, 0.2) is 4.67 Å². The Kier molecular flexibility index (Phi) is 4.48. The van der Waals surface area contributed by atoms with E-state index in [1.54, 1.807) is 17.6 Å². The second-order valence-corrected chi connectivity index (χ2v) is 7.23. The predicted octanol–water partition coefficient (Wildman–Crippen LogP) is 4.30. The zero-order valence-electron chi connectivity index (χ0n) is 11.7. The van der Waals surface area contributed by atoms with Crippen LogP contribution in [0, 0.1) is 0 Å². The predicted molar refractivity (Wildman–Crippen MR) is 82.7 cm³/mol. The molecule has 3 nitrogen and oxygen atoms in total. The van der Waals surface area contributed by atoms with Gasteiger partial charge in [-0.2, -0.15) is 0 Å². The Morgan fingerprint density at radius 2 is 2.21 bits per heavy atom. The maximum absolute atomic E-state index is 5.30. The fraction of sp³-hybridized carbons (Fsp3) is 0.500. The zero-order valence-corrected chi connectivity index (χ0v) is 14.1. The summed E-state index contributed by atoms with van der Waals surface area (Å²) in [5.41, 5.74) is 2.41. The van der Waals surface area contributed by atoms with Crippen LogP contribution in [-0.4, -0.2) is 12.0 Å². The molecule has 0 aliphatic rings. The van der Waals surface area contributed by atoms with Gasteiger partial charge in [-0.15, -0.1) is 11.3 Å². The molecule has 19 heavy (non-hydrogen) atoms. The monoisotopic (exact) mass is 342 g/mol. The van der Waals surface area contributed by atoms with Crippen molar-refractivity contribution in [2.75, 3.05) is 7.05 Å². The number of halogens is 1. The second kappa shape index (κ2) is 5.77. The number of likely N-dealkylation sites (N-methyl/N-ethyl adjacent to an activating group) is 1. The SMILES string of the molecule is CNC(Cc1nc(C(C)(C)C)cs1)c1ccoc1Br. The van der Waals surface area contributed by atoms with E-state index in [9.17, 15) is 0 Å². The fourth-order valence-corrected chi connectivity index (χ4v) is 3.43. The van der Waals surface area contributed by atoms with Crippen molar-refractivity contribution >= 4 is 27.3 Å². The van der Waals surface area contributed by atoms with Gasteiger partial charge in [0.05, 0.1) is 17.0 Å². The van der Waals surface area contributed by atoms with Crippen LogP contribution in [-0.2, 0) is 11.8 Å². The van der Waals surface area contributed by atoms with Gasteiger partial charge in [0, 0.05) is 28.8 Å². The van der Waals surface area contributed by atoms with Gasteiger partial charge in [0.2, 0.25) is 0 Å². The molecule has 1 atom stereocenters. The highest BCUT2D eigenvalue weighted by Gasteiger charge is 2.20. The summed E-state index contributed by atoms with van der Waals surface area (Å²) in [6.45, 7) is 6.57. The van der Waals surface area contributed by atoms with E-state index in [4.69, 9.17) is 9.40 Å². The Morgan fingerprint density at radius 1 is 1.47 bits per heavy atom. The van der Waals surface area contributed by atoms with Gasteiger partial charge in [0.1, 0.15) is 0 Å². The number of furan rings is 1. The normalized spacial score (nSPS) is 13.7. The van der Waals surface area contributed by atoms with Crippen molar-refractivity contribution in [2.24, 2.45) is 0 Å². The van der Waals surface area contributed by atoms with Gasteiger partial charge in [-0.25, -0.2) is 4.98 Å². The molecule has 0 saturated heterocycles. The number of rotatable bonds is 4. The molecule has 0 aromatic carbocycles. The Hall–Kier alpha value is -0.650. The summed E-state index contributed by atoms with van der Waals surface area (Å²) in [4.78, 5) is 4.74. The third-order valence-corrected chi connectivity index (χ3v) is 4.58. The molecule has 0 bridgehead atoms. The van der Waals surface area contributed by atoms with Gasteiger partial charge in [0.25, 0.3) is 0 Å². The molecule has 5 heteroatoms. The number of nitrogens with zero attached hydrogens (tertiary/aromatic N) is 1. The lowest BCUT2D eigenvalue weighted by atomic mass is 9.93. The molecule has 0 fully saturated rings. The highest BCUT2D eigenvalue weighted by atomic mass is 79.9. The minimum Gasteiger partial charge on any atom is -0.457 e. The summed E-state index contributed by atoms with van der Waals surface area (Å²) in [5.74, 6) is 0. The maximum atomic E-state index is 5.30. The molecule has 2 aromatic rings. The van der Waals surface area contributed by atoms with E-state index < -0.39 is 0 Å². The molecule has 1 unspecified atom stereocenters. The largest absolute Gasteiger partial charge is 0.457 e. The number of hydrogen-bond donors (Lipinski definition) is 1. The molecular formula is C14H19BrN2OS. The number of hydrogen-bond acceptors (Lipinski definition) is 4. The highest BCUT2D eigenvalue weighted by Crippen LogP contribution is 2.29. The molecule has 0 aliphatic heterocycles. The van der Waals surface area contributed by atoms with E-state index >= 15 is 0 Å². The molecule has 0 aliphatic carbocycles. The van der Waals surface area contributed by atoms with Gasteiger partial charge in [-0.3, -0.25) is 0 Å². The summed E-state index contributed by atoms with van der Waals surface area (Å²) in [7, 11) is 1.96. The minimum absolute atomic E-state index is 0.111. The summed E-state index contributed by atoms with van der Waals surface area (Å²) in [5, 5.41) is 6.63.